The normalized spacial score (nSPS) is 9.62. The minimum atomic E-state index is -0.779. The molecule has 1 aromatic carbocycles. The number of hydrogen-bond donors (Lipinski definition) is 0. The van der Waals surface area contributed by atoms with Crippen molar-refractivity contribution in [2.75, 3.05) is 11.4 Å². The van der Waals surface area contributed by atoms with Crippen LogP contribution in [0.15, 0.2) is 18.2 Å². The van der Waals surface area contributed by atoms with Crippen molar-refractivity contribution in [3.8, 4) is 6.19 Å². The van der Waals surface area contributed by atoms with Gasteiger partial charge in [-0.25, -0.2) is 8.78 Å². The predicted molar refractivity (Wildman–Crippen MR) is 54.6 cm³/mol. The number of benzene rings is 1. The molecule has 0 radical (unpaired) electrons. The Bertz CT molecular complexity index is 420. The molecular weight excluding hydrogens is 214 g/mol. The molecule has 0 amide bonds. The highest BCUT2D eigenvalue weighted by Crippen LogP contribution is 2.17. The molecule has 0 heterocycles. The first-order chi connectivity index (χ1) is 7.56. The molecule has 0 saturated heterocycles. The Labute approximate surface area is 91.9 Å². The molecule has 0 aromatic heterocycles. The number of ketones is 1. The zero-order valence-electron chi connectivity index (χ0n) is 8.70. The second-order valence-electron chi connectivity index (χ2n) is 3.21. The van der Waals surface area contributed by atoms with Crippen molar-refractivity contribution in [2.24, 2.45) is 0 Å². The predicted octanol–water partition coefficient (Wildman–Crippen LogP) is 2.23. The molecule has 0 spiro atoms. The first kappa shape index (κ1) is 12.1. The van der Waals surface area contributed by atoms with Crippen molar-refractivity contribution in [1.82, 2.24) is 0 Å². The molecule has 0 N–H and O–H groups in total. The van der Waals surface area contributed by atoms with Crippen LogP contribution >= 0.6 is 0 Å². The summed E-state index contributed by atoms with van der Waals surface area (Å²) in [6, 6.07) is 2.73. The van der Waals surface area contributed by atoms with Crippen molar-refractivity contribution in [3.05, 3.63) is 29.8 Å². The first-order valence-electron chi connectivity index (χ1n) is 4.72. The number of carbonyl (C=O) groups excluding carboxylic acids is 1. The van der Waals surface area contributed by atoms with E-state index in [0.717, 1.165) is 17.0 Å². The third-order valence-corrected chi connectivity index (χ3v) is 2.01. The number of nitriles is 1. The summed E-state index contributed by atoms with van der Waals surface area (Å²) in [6.07, 6.45) is 1.99. The summed E-state index contributed by atoms with van der Waals surface area (Å²) in [4.78, 5) is 12.1. The highest BCUT2D eigenvalue weighted by atomic mass is 19.1. The summed E-state index contributed by atoms with van der Waals surface area (Å²) < 4.78 is 25.8. The van der Waals surface area contributed by atoms with Crippen LogP contribution in [0.5, 0.6) is 0 Å². The Morgan fingerprint density at radius 3 is 2.38 bits per heavy atom. The maximum atomic E-state index is 12.9. The molecule has 0 fully saturated rings. The summed E-state index contributed by atoms with van der Waals surface area (Å²) in [6.45, 7) is 1.49. The average molecular weight is 224 g/mol. The number of nitrogens with zero attached hydrogens (tertiary/aromatic N) is 2. The lowest BCUT2D eigenvalue weighted by Crippen LogP contribution is -2.24. The standard InChI is InChI=1S/C11H10F2N2O/c1-2-11(16)6-15(7-14)10-4-8(12)3-9(13)5-10/h3-5H,2,6H2,1H3. The Balaban J connectivity index is 2.96. The molecule has 0 saturated carbocycles. The summed E-state index contributed by atoms with van der Waals surface area (Å²) in [5.74, 6) is -1.73. The van der Waals surface area contributed by atoms with Gasteiger partial charge in [0.25, 0.3) is 0 Å². The van der Waals surface area contributed by atoms with Gasteiger partial charge in [0.2, 0.25) is 0 Å². The van der Waals surface area contributed by atoms with E-state index >= 15 is 0 Å². The summed E-state index contributed by atoms with van der Waals surface area (Å²) in [5.41, 5.74) is 0.0433. The SMILES string of the molecule is CCC(=O)CN(C#N)c1cc(F)cc(F)c1. The first-order valence-corrected chi connectivity index (χ1v) is 4.72. The topological polar surface area (TPSA) is 44.1 Å². The number of hydrogen-bond acceptors (Lipinski definition) is 3. The van der Waals surface area contributed by atoms with E-state index in [4.69, 9.17) is 5.26 Å². The second kappa shape index (κ2) is 5.21. The molecule has 1 rings (SSSR count). The number of rotatable bonds is 4. The van der Waals surface area contributed by atoms with Gasteiger partial charge in [-0.05, 0) is 12.1 Å². The van der Waals surface area contributed by atoms with Crippen molar-refractivity contribution >= 4 is 11.5 Å². The number of halogens is 2. The lowest BCUT2D eigenvalue weighted by Gasteiger charge is -2.14. The Morgan fingerprint density at radius 2 is 1.94 bits per heavy atom. The fourth-order valence-electron chi connectivity index (χ4n) is 1.17. The van der Waals surface area contributed by atoms with Crippen LogP contribution in [0.4, 0.5) is 14.5 Å². The van der Waals surface area contributed by atoms with Gasteiger partial charge >= 0.3 is 0 Å². The van der Waals surface area contributed by atoms with Crippen molar-refractivity contribution in [3.63, 3.8) is 0 Å². The van der Waals surface area contributed by atoms with E-state index in [0.29, 0.717) is 6.07 Å². The molecule has 16 heavy (non-hydrogen) atoms. The van der Waals surface area contributed by atoms with Gasteiger partial charge in [0.1, 0.15) is 11.6 Å². The lowest BCUT2D eigenvalue weighted by atomic mass is 10.2. The third-order valence-electron chi connectivity index (χ3n) is 2.01. The van der Waals surface area contributed by atoms with E-state index < -0.39 is 11.6 Å². The number of carbonyl (C=O) groups is 1. The maximum absolute atomic E-state index is 12.9. The minimum Gasteiger partial charge on any atom is -0.298 e. The minimum absolute atomic E-state index is 0.0433. The van der Waals surface area contributed by atoms with Crippen LogP contribution in [0.3, 0.4) is 0 Å². The fraction of sp³-hybridized carbons (Fsp3) is 0.273. The zero-order valence-corrected chi connectivity index (χ0v) is 8.70. The fourth-order valence-corrected chi connectivity index (χ4v) is 1.17. The van der Waals surface area contributed by atoms with E-state index in [-0.39, 0.29) is 24.4 Å². The Kier molecular flexibility index (Phi) is 3.95. The molecule has 5 heteroatoms. The number of anilines is 1. The van der Waals surface area contributed by atoms with Crippen molar-refractivity contribution < 1.29 is 13.6 Å². The molecule has 0 unspecified atom stereocenters. The van der Waals surface area contributed by atoms with Crippen LogP contribution < -0.4 is 4.90 Å². The third kappa shape index (κ3) is 3.02. The molecule has 1 aromatic rings. The summed E-state index contributed by atoms with van der Waals surface area (Å²) in [7, 11) is 0. The Hall–Kier alpha value is -1.96. The van der Waals surface area contributed by atoms with Gasteiger partial charge in [-0.1, -0.05) is 6.92 Å². The maximum Gasteiger partial charge on any atom is 0.184 e. The number of Topliss-reactive ketones (excluding diaryl/α,β-unsaturated/α-hetero) is 1. The summed E-state index contributed by atoms with van der Waals surface area (Å²) in [5, 5.41) is 8.78. The van der Waals surface area contributed by atoms with Crippen LogP contribution in [-0.4, -0.2) is 12.3 Å². The molecule has 84 valence electrons. The van der Waals surface area contributed by atoms with E-state index in [9.17, 15) is 13.6 Å². The molecular formula is C11H10F2N2O. The van der Waals surface area contributed by atoms with Gasteiger partial charge in [0, 0.05) is 12.5 Å². The van der Waals surface area contributed by atoms with E-state index in [1.807, 2.05) is 0 Å². The van der Waals surface area contributed by atoms with Gasteiger partial charge < -0.3 is 0 Å². The molecule has 3 nitrogen and oxygen atoms in total. The van der Waals surface area contributed by atoms with Gasteiger partial charge in [-0.2, -0.15) is 5.26 Å². The van der Waals surface area contributed by atoms with Gasteiger partial charge in [0.15, 0.2) is 12.0 Å². The van der Waals surface area contributed by atoms with Crippen molar-refractivity contribution in [2.45, 2.75) is 13.3 Å². The van der Waals surface area contributed by atoms with Gasteiger partial charge in [-0.15, -0.1) is 0 Å². The molecule has 0 aliphatic heterocycles. The van der Waals surface area contributed by atoms with Gasteiger partial charge in [0.05, 0.1) is 12.2 Å². The molecule has 0 aliphatic carbocycles. The van der Waals surface area contributed by atoms with E-state index in [2.05, 4.69) is 0 Å². The molecule has 0 bridgehead atoms. The van der Waals surface area contributed by atoms with Crippen LogP contribution in [0.2, 0.25) is 0 Å². The highest BCUT2D eigenvalue weighted by Gasteiger charge is 2.11. The lowest BCUT2D eigenvalue weighted by molar-refractivity contribution is -0.117. The molecule has 0 atom stereocenters. The van der Waals surface area contributed by atoms with Crippen molar-refractivity contribution in [1.29, 1.82) is 5.26 Å². The van der Waals surface area contributed by atoms with Gasteiger partial charge in [-0.3, -0.25) is 9.69 Å². The largest absolute Gasteiger partial charge is 0.298 e. The quantitative estimate of drug-likeness (QED) is 0.582. The van der Waals surface area contributed by atoms with Crippen LogP contribution in [-0.2, 0) is 4.79 Å². The van der Waals surface area contributed by atoms with E-state index in [1.165, 1.54) is 0 Å². The smallest absolute Gasteiger partial charge is 0.184 e. The van der Waals surface area contributed by atoms with E-state index in [1.54, 1.807) is 13.1 Å². The second-order valence-corrected chi connectivity index (χ2v) is 3.21. The van der Waals surface area contributed by atoms with Crippen LogP contribution in [0, 0.1) is 23.1 Å². The van der Waals surface area contributed by atoms with Crippen LogP contribution in [0.1, 0.15) is 13.3 Å². The summed E-state index contributed by atoms with van der Waals surface area (Å²) >= 11 is 0. The molecule has 0 aliphatic rings. The monoisotopic (exact) mass is 224 g/mol. The van der Waals surface area contributed by atoms with Crippen LogP contribution in [0.25, 0.3) is 0 Å². The highest BCUT2D eigenvalue weighted by molar-refractivity contribution is 5.83. The Morgan fingerprint density at radius 1 is 1.38 bits per heavy atom. The zero-order chi connectivity index (χ0) is 12.1. The average Bonchev–Trinajstić information content (AvgIpc) is 2.24.